The van der Waals surface area contributed by atoms with Crippen LogP contribution in [0.2, 0.25) is 0 Å². The van der Waals surface area contributed by atoms with E-state index >= 15 is 0 Å². The van der Waals surface area contributed by atoms with Gasteiger partial charge in [-0.15, -0.1) is 0 Å². The molecular formula is C6H12O6S. The zero-order valence-corrected chi connectivity index (χ0v) is 7.95. The summed E-state index contributed by atoms with van der Waals surface area (Å²) in [6, 6.07) is 0. The first-order valence-corrected chi connectivity index (χ1v) is 5.16. The lowest BCUT2D eigenvalue weighted by atomic mass is 10.1. The zero-order valence-electron chi connectivity index (χ0n) is 7.13. The molecule has 1 aliphatic rings. The van der Waals surface area contributed by atoms with Gasteiger partial charge in [0.1, 0.15) is 6.10 Å². The summed E-state index contributed by atoms with van der Waals surface area (Å²) in [5.74, 6) is 0. The van der Waals surface area contributed by atoms with Crippen molar-refractivity contribution < 1.29 is 27.6 Å². The van der Waals surface area contributed by atoms with E-state index in [1.807, 2.05) is 0 Å². The monoisotopic (exact) mass is 212 g/mol. The van der Waals surface area contributed by atoms with Gasteiger partial charge in [-0.1, -0.05) is 0 Å². The Hall–Kier alpha value is -0.210. The average Bonchev–Trinajstić information content (AvgIpc) is 2.03. The summed E-state index contributed by atoms with van der Waals surface area (Å²) in [5, 5.41) is 9.62. The molecule has 0 saturated carbocycles. The Kier molecular flexibility index (Phi) is 2.93. The lowest BCUT2D eigenvalue weighted by Gasteiger charge is -2.35. The van der Waals surface area contributed by atoms with Gasteiger partial charge in [0.25, 0.3) is 10.1 Å². The zero-order chi connectivity index (χ0) is 10.1. The molecule has 0 amide bonds. The summed E-state index contributed by atoms with van der Waals surface area (Å²) in [7, 11) is -3.29. The average molecular weight is 212 g/mol. The Morgan fingerprint density at radius 1 is 1.62 bits per heavy atom. The minimum Gasteiger partial charge on any atom is -0.378 e. The van der Waals surface area contributed by atoms with Crippen molar-refractivity contribution in [3.63, 3.8) is 0 Å². The Bertz CT molecular complexity index is 273. The second-order valence-electron chi connectivity index (χ2n) is 2.87. The first-order valence-electron chi connectivity index (χ1n) is 3.72. The highest BCUT2D eigenvalue weighted by atomic mass is 32.2. The summed E-state index contributed by atoms with van der Waals surface area (Å²) in [6.45, 7) is 0.0307. The van der Waals surface area contributed by atoms with Crippen molar-refractivity contribution in [1.82, 2.24) is 0 Å². The molecule has 1 heterocycles. The number of hydrogen-bond donors (Lipinski definition) is 2. The molecule has 0 radical (unpaired) electrons. The fourth-order valence-electron chi connectivity index (χ4n) is 1.25. The van der Waals surface area contributed by atoms with Crippen LogP contribution in [0.5, 0.6) is 0 Å². The smallest absolute Gasteiger partial charge is 0.297 e. The third kappa shape index (κ3) is 1.84. The van der Waals surface area contributed by atoms with Crippen LogP contribution in [0.4, 0.5) is 0 Å². The third-order valence-corrected chi connectivity index (χ3v) is 3.47. The van der Waals surface area contributed by atoms with E-state index in [2.05, 4.69) is 0 Å². The highest BCUT2D eigenvalue weighted by Gasteiger charge is 2.50. The van der Waals surface area contributed by atoms with Gasteiger partial charge in [-0.05, 0) is 0 Å². The number of methoxy groups -OCH3 is 1. The molecule has 78 valence electrons. The van der Waals surface area contributed by atoms with Gasteiger partial charge in [0.05, 0.1) is 13.2 Å². The molecule has 1 aliphatic heterocycles. The Labute approximate surface area is 76.2 Å². The number of aliphatic hydroxyl groups is 1. The van der Waals surface area contributed by atoms with Crippen molar-refractivity contribution in [2.75, 3.05) is 20.3 Å². The van der Waals surface area contributed by atoms with E-state index < -0.39 is 21.2 Å². The van der Waals surface area contributed by atoms with Gasteiger partial charge in [-0.2, -0.15) is 8.42 Å². The van der Waals surface area contributed by atoms with Crippen LogP contribution in [-0.2, 0) is 19.6 Å². The maximum absolute atomic E-state index is 10.8. The highest BCUT2D eigenvalue weighted by Crippen LogP contribution is 2.27. The second kappa shape index (κ2) is 3.50. The first-order chi connectivity index (χ1) is 5.92. The minimum absolute atomic E-state index is 0.0488. The van der Waals surface area contributed by atoms with Crippen molar-refractivity contribution in [3.8, 4) is 0 Å². The molecule has 1 fully saturated rings. The van der Waals surface area contributed by atoms with E-state index in [1.54, 1.807) is 0 Å². The predicted molar refractivity (Wildman–Crippen MR) is 42.7 cm³/mol. The van der Waals surface area contributed by atoms with Gasteiger partial charge in [0, 0.05) is 13.5 Å². The molecule has 0 aromatic rings. The summed E-state index contributed by atoms with van der Waals surface area (Å²) >= 11 is 0. The van der Waals surface area contributed by atoms with E-state index in [9.17, 15) is 13.5 Å². The molecule has 2 N–H and O–H groups in total. The van der Waals surface area contributed by atoms with E-state index in [4.69, 9.17) is 14.0 Å². The van der Waals surface area contributed by atoms with E-state index in [1.165, 1.54) is 7.11 Å². The van der Waals surface area contributed by atoms with Gasteiger partial charge < -0.3 is 14.6 Å². The summed E-state index contributed by atoms with van der Waals surface area (Å²) in [4.78, 5) is -2.24. The van der Waals surface area contributed by atoms with Crippen molar-refractivity contribution in [2.24, 2.45) is 0 Å². The van der Waals surface area contributed by atoms with Gasteiger partial charge >= 0.3 is 0 Å². The molecule has 0 aromatic carbocycles. The van der Waals surface area contributed by atoms with Crippen LogP contribution in [0.15, 0.2) is 0 Å². The lowest BCUT2D eigenvalue weighted by Crippen LogP contribution is -2.55. The van der Waals surface area contributed by atoms with Crippen molar-refractivity contribution in [3.05, 3.63) is 0 Å². The van der Waals surface area contributed by atoms with Gasteiger partial charge in [0.15, 0.2) is 0 Å². The molecule has 6 nitrogen and oxygen atoms in total. The highest BCUT2D eigenvalue weighted by molar-refractivity contribution is 7.87. The van der Waals surface area contributed by atoms with E-state index in [0.717, 1.165) is 0 Å². The topological polar surface area (TPSA) is 93.1 Å². The number of ether oxygens (including phenoxy) is 2. The Morgan fingerprint density at radius 3 is 2.62 bits per heavy atom. The molecular weight excluding hydrogens is 200 g/mol. The van der Waals surface area contributed by atoms with Gasteiger partial charge in [-0.25, -0.2) is 0 Å². The summed E-state index contributed by atoms with van der Waals surface area (Å²) < 4.78 is 40.1. The fourth-order valence-corrected chi connectivity index (χ4v) is 2.09. The molecule has 0 spiro atoms. The summed E-state index contributed by atoms with van der Waals surface area (Å²) in [6.07, 6.45) is -1.24. The molecule has 2 atom stereocenters. The van der Waals surface area contributed by atoms with Crippen molar-refractivity contribution in [1.29, 1.82) is 0 Å². The number of rotatable bonds is 2. The molecule has 2 unspecified atom stereocenters. The second-order valence-corrected chi connectivity index (χ2v) is 4.53. The van der Waals surface area contributed by atoms with E-state index in [0.29, 0.717) is 0 Å². The van der Waals surface area contributed by atoms with Gasteiger partial charge in [-0.3, -0.25) is 4.55 Å². The van der Waals surface area contributed by atoms with E-state index in [-0.39, 0.29) is 19.6 Å². The van der Waals surface area contributed by atoms with Gasteiger partial charge in [0.2, 0.25) is 4.93 Å². The predicted octanol–water partition coefficient (Wildman–Crippen LogP) is -1.00. The molecule has 7 heteroatoms. The lowest BCUT2D eigenvalue weighted by molar-refractivity contribution is -0.126. The van der Waals surface area contributed by atoms with Crippen LogP contribution in [0, 0.1) is 0 Å². The fraction of sp³-hybridized carbons (Fsp3) is 1.00. The largest absolute Gasteiger partial charge is 0.378 e. The molecule has 13 heavy (non-hydrogen) atoms. The van der Waals surface area contributed by atoms with Crippen LogP contribution in [0.3, 0.4) is 0 Å². The number of hydrogen-bond acceptors (Lipinski definition) is 5. The van der Waals surface area contributed by atoms with Crippen molar-refractivity contribution in [2.45, 2.75) is 17.5 Å². The normalized spacial score (nSPS) is 36.1. The quantitative estimate of drug-likeness (QED) is 0.570. The van der Waals surface area contributed by atoms with Crippen LogP contribution in [0.25, 0.3) is 0 Å². The van der Waals surface area contributed by atoms with Crippen molar-refractivity contribution >= 4 is 10.1 Å². The minimum atomic E-state index is -4.54. The maximum atomic E-state index is 10.8. The SMILES string of the molecule is COC1COCCC1(O)S(=O)(=O)O. The molecule has 0 aromatic heterocycles. The molecule has 0 aliphatic carbocycles. The Balaban J connectivity index is 2.97. The molecule has 1 saturated heterocycles. The van der Waals surface area contributed by atoms with Crippen LogP contribution in [-0.4, -0.2) is 49.4 Å². The van der Waals surface area contributed by atoms with Crippen LogP contribution < -0.4 is 0 Å². The molecule has 0 bridgehead atoms. The van der Waals surface area contributed by atoms with Crippen LogP contribution in [0.1, 0.15) is 6.42 Å². The third-order valence-electron chi connectivity index (χ3n) is 2.11. The maximum Gasteiger partial charge on any atom is 0.297 e. The summed E-state index contributed by atoms with van der Waals surface area (Å²) in [5.41, 5.74) is 0. The first kappa shape index (κ1) is 10.9. The standard InChI is InChI=1S/C6H12O6S/c1-11-5-4-12-3-2-6(5,7)13(8,9)10/h5,7H,2-4H2,1H3,(H,8,9,10). The molecule has 1 rings (SSSR count). The Morgan fingerprint density at radius 2 is 2.23 bits per heavy atom. The van der Waals surface area contributed by atoms with Crippen LogP contribution >= 0.6 is 0 Å².